The molecule has 9 nitrogen and oxygen atoms in total. The fourth-order valence-corrected chi connectivity index (χ4v) is 4.65. The molecule has 12 heteroatoms. The largest absolute Gasteiger partial charge is 0.352 e. The summed E-state index contributed by atoms with van der Waals surface area (Å²) in [6, 6.07) is 7.34. The van der Waals surface area contributed by atoms with Gasteiger partial charge < -0.3 is 9.80 Å². The number of rotatable bonds is 5. The van der Waals surface area contributed by atoms with Gasteiger partial charge in [-0.3, -0.25) is 4.72 Å². The number of aromatic nitrogens is 3. The van der Waals surface area contributed by atoms with Crippen LogP contribution in [0.1, 0.15) is 11.3 Å². The van der Waals surface area contributed by atoms with Gasteiger partial charge in [0.15, 0.2) is 0 Å². The van der Waals surface area contributed by atoms with E-state index in [9.17, 15) is 22.5 Å². The van der Waals surface area contributed by atoms with Gasteiger partial charge in [0.25, 0.3) is 10.0 Å². The van der Waals surface area contributed by atoms with Gasteiger partial charge in [-0.25, -0.2) is 32.2 Å². The van der Waals surface area contributed by atoms with Crippen molar-refractivity contribution in [2.24, 2.45) is 0 Å². The summed E-state index contributed by atoms with van der Waals surface area (Å²) < 4.78 is 54.7. The van der Waals surface area contributed by atoms with Crippen LogP contribution in [0.2, 0.25) is 0 Å². The minimum atomic E-state index is -4.36. The molecule has 3 heterocycles. The first-order valence-corrected chi connectivity index (χ1v) is 11.4. The maximum atomic E-state index is 14.0. The molecule has 0 bridgehead atoms. The number of hydrogen-bond acceptors (Lipinski definition) is 8. The number of benzene rings is 1. The van der Waals surface area contributed by atoms with E-state index < -0.39 is 26.6 Å². The second-order valence-corrected chi connectivity index (χ2v) is 8.96. The SMILES string of the molecule is Cc1nc(N2CCN(c3ncccn3)CC2)c(C#N)cc1NS(=O)(=O)c1ccc(F)cc1F. The summed E-state index contributed by atoms with van der Waals surface area (Å²) in [6.45, 7) is 3.94. The van der Waals surface area contributed by atoms with Crippen LogP contribution in [0.15, 0.2) is 47.6 Å². The molecule has 4 rings (SSSR count). The standard InChI is InChI=1S/C21H19F2N7O2S/c1-14-18(28-33(31,32)19-4-3-16(22)12-17(19)23)11-15(13-24)20(27-14)29-7-9-30(10-8-29)21-25-5-2-6-26-21/h2-6,11-12,28H,7-10H2,1H3. The van der Waals surface area contributed by atoms with E-state index >= 15 is 0 Å². The molecule has 0 radical (unpaired) electrons. The van der Waals surface area contributed by atoms with Crippen LogP contribution in [0.3, 0.4) is 0 Å². The van der Waals surface area contributed by atoms with Gasteiger partial charge >= 0.3 is 0 Å². The summed E-state index contributed by atoms with van der Waals surface area (Å²) in [5, 5.41) is 9.66. The smallest absolute Gasteiger partial charge is 0.264 e. The quantitative estimate of drug-likeness (QED) is 0.604. The number of aryl methyl sites for hydroxylation is 1. The first kappa shape index (κ1) is 22.3. The molecule has 3 aromatic rings. The molecule has 0 unspecified atom stereocenters. The third-order valence-corrected chi connectivity index (χ3v) is 6.55. The van der Waals surface area contributed by atoms with Gasteiger partial charge in [0.05, 0.1) is 16.9 Å². The Labute approximate surface area is 189 Å². The zero-order valence-electron chi connectivity index (χ0n) is 17.5. The lowest BCUT2D eigenvalue weighted by Crippen LogP contribution is -2.47. The van der Waals surface area contributed by atoms with Crippen LogP contribution in [0.4, 0.5) is 26.2 Å². The minimum Gasteiger partial charge on any atom is -0.352 e. The number of sulfonamides is 1. The zero-order chi connectivity index (χ0) is 23.6. The van der Waals surface area contributed by atoms with Crippen molar-refractivity contribution < 1.29 is 17.2 Å². The Morgan fingerprint density at radius 2 is 1.73 bits per heavy atom. The van der Waals surface area contributed by atoms with Gasteiger partial charge in [-0.15, -0.1) is 0 Å². The predicted octanol–water partition coefficient (Wildman–Crippen LogP) is 2.46. The van der Waals surface area contributed by atoms with E-state index in [1.54, 1.807) is 25.4 Å². The summed E-state index contributed by atoms with van der Waals surface area (Å²) in [5.41, 5.74) is 0.515. The third kappa shape index (κ3) is 4.68. The van der Waals surface area contributed by atoms with Crippen LogP contribution in [0.5, 0.6) is 0 Å². The maximum Gasteiger partial charge on any atom is 0.264 e. The van der Waals surface area contributed by atoms with Crippen LogP contribution in [0.25, 0.3) is 0 Å². The second-order valence-electron chi connectivity index (χ2n) is 7.31. The minimum absolute atomic E-state index is 0.0374. The molecule has 1 saturated heterocycles. The van der Waals surface area contributed by atoms with E-state index in [1.165, 1.54) is 6.07 Å². The average Bonchev–Trinajstić information content (AvgIpc) is 2.80. The molecule has 1 aliphatic heterocycles. The maximum absolute atomic E-state index is 14.0. The fraction of sp³-hybridized carbons (Fsp3) is 0.238. The zero-order valence-corrected chi connectivity index (χ0v) is 18.4. The first-order valence-electron chi connectivity index (χ1n) is 9.95. The first-order chi connectivity index (χ1) is 15.8. The molecule has 0 saturated carbocycles. The Morgan fingerprint density at radius 3 is 2.36 bits per heavy atom. The van der Waals surface area contributed by atoms with Crippen molar-refractivity contribution in [1.82, 2.24) is 15.0 Å². The Morgan fingerprint density at radius 1 is 1.06 bits per heavy atom. The van der Waals surface area contributed by atoms with E-state index in [-0.39, 0.29) is 11.3 Å². The van der Waals surface area contributed by atoms with Gasteiger partial charge in [-0.2, -0.15) is 5.26 Å². The predicted molar refractivity (Wildman–Crippen MR) is 117 cm³/mol. The number of hydrogen-bond donors (Lipinski definition) is 1. The van der Waals surface area contributed by atoms with Gasteiger partial charge in [0.1, 0.15) is 28.4 Å². The number of halogens is 2. The van der Waals surface area contributed by atoms with E-state index in [2.05, 4.69) is 19.7 Å². The molecular weight excluding hydrogens is 452 g/mol. The lowest BCUT2D eigenvalue weighted by Gasteiger charge is -2.35. The summed E-state index contributed by atoms with van der Waals surface area (Å²) in [6.07, 6.45) is 3.34. The fourth-order valence-electron chi connectivity index (χ4n) is 3.48. The van der Waals surface area contributed by atoms with E-state index in [1.807, 2.05) is 15.9 Å². The molecular formula is C21H19F2N7O2S. The molecule has 0 amide bonds. The molecule has 1 aromatic carbocycles. The van der Waals surface area contributed by atoms with E-state index in [4.69, 9.17) is 0 Å². The Kier molecular flexibility index (Phi) is 6.06. The van der Waals surface area contributed by atoms with Crippen molar-refractivity contribution in [2.75, 3.05) is 40.7 Å². The molecule has 0 aliphatic carbocycles. The van der Waals surface area contributed by atoms with Gasteiger partial charge in [0, 0.05) is 44.6 Å². The van der Waals surface area contributed by atoms with Crippen molar-refractivity contribution in [1.29, 1.82) is 5.26 Å². The average molecular weight is 471 g/mol. The number of nitriles is 1. The lowest BCUT2D eigenvalue weighted by molar-refractivity contribution is 0.551. The highest BCUT2D eigenvalue weighted by Crippen LogP contribution is 2.28. The Balaban J connectivity index is 1.56. The van der Waals surface area contributed by atoms with Crippen LogP contribution in [-0.2, 0) is 10.0 Å². The highest BCUT2D eigenvalue weighted by molar-refractivity contribution is 7.92. The number of piperazine rings is 1. The summed E-state index contributed by atoms with van der Waals surface area (Å²) >= 11 is 0. The molecule has 1 N–H and O–H groups in total. The van der Waals surface area contributed by atoms with Crippen LogP contribution in [0, 0.1) is 29.9 Å². The Bertz CT molecular complexity index is 1320. The van der Waals surface area contributed by atoms with Crippen molar-refractivity contribution in [2.45, 2.75) is 11.8 Å². The molecule has 0 spiro atoms. The molecule has 2 aromatic heterocycles. The van der Waals surface area contributed by atoms with Crippen LogP contribution in [-0.4, -0.2) is 49.5 Å². The number of nitrogens with one attached hydrogen (secondary N) is 1. The summed E-state index contributed by atoms with van der Waals surface area (Å²) in [7, 11) is -4.36. The number of nitrogens with zero attached hydrogens (tertiary/aromatic N) is 6. The van der Waals surface area contributed by atoms with E-state index in [0.717, 1.165) is 12.1 Å². The summed E-state index contributed by atoms with van der Waals surface area (Å²) in [5.74, 6) is -1.05. The van der Waals surface area contributed by atoms with Crippen LogP contribution < -0.4 is 14.5 Å². The van der Waals surface area contributed by atoms with Crippen molar-refractivity contribution >= 4 is 27.5 Å². The van der Waals surface area contributed by atoms with Crippen molar-refractivity contribution in [3.63, 3.8) is 0 Å². The monoisotopic (exact) mass is 471 g/mol. The van der Waals surface area contributed by atoms with E-state index in [0.29, 0.717) is 49.7 Å². The lowest BCUT2D eigenvalue weighted by atomic mass is 10.2. The molecule has 0 atom stereocenters. The highest BCUT2D eigenvalue weighted by atomic mass is 32.2. The molecule has 1 aliphatic rings. The normalized spacial score (nSPS) is 14.1. The van der Waals surface area contributed by atoms with Gasteiger partial charge in [-0.05, 0) is 31.2 Å². The molecule has 170 valence electrons. The van der Waals surface area contributed by atoms with Crippen molar-refractivity contribution in [3.05, 3.63) is 65.6 Å². The van der Waals surface area contributed by atoms with Gasteiger partial charge in [0.2, 0.25) is 5.95 Å². The number of anilines is 3. The van der Waals surface area contributed by atoms with Crippen molar-refractivity contribution in [3.8, 4) is 6.07 Å². The molecule has 33 heavy (non-hydrogen) atoms. The topological polar surface area (TPSA) is 115 Å². The Hall–Kier alpha value is -3.85. The van der Waals surface area contributed by atoms with Gasteiger partial charge in [-0.1, -0.05) is 0 Å². The second kappa shape index (κ2) is 8.95. The number of pyridine rings is 1. The molecule has 1 fully saturated rings. The third-order valence-electron chi connectivity index (χ3n) is 5.16. The van der Waals surface area contributed by atoms with Crippen LogP contribution >= 0.6 is 0 Å². The highest BCUT2D eigenvalue weighted by Gasteiger charge is 2.25. The summed E-state index contributed by atoms with van der Waals surface area (Å²) in [4.78, 5) is 16.2.